The molecule has 0 bridgehead atoms. The molecule has 2 aromatic rings. The highest BCUT2D eigenvalue weighted by Gasteiger charge is 2.09. The van der Waals surface area contributed by atoms with E-state index in [0.717, 1.165) is 30.9 Å². The summed E-state index contributed by atoms with van der Waals surface area (Å²) >= 11 is 0. The van der Waals surface area contributed by atoms with Gasteiger partial charge in [0.2, 0.25) is 0 Å². The summed E-state index contributed by atoms with van der Waals surface area (Å²) in [5.74, 6) is 1.08. The van der Waals surface area contributed by atoms with Crippen LogP contribution in [0.5, 0.6) is 0 Å². The van der Waals surface area contributed by atoms with Crippen LogP contribution in [0.1, 0.15) is 30.9 Å². The van der Waals surface area contributed by atoms with Crippen LogP contribution < -0.4 is 5.73 Å². The maximum atomic E-state index is 6.04. The number of aryl methyl sites for hydroxylation is 3. The minimum atomic E-state index is 0.0684. The lowest BCUT2D eigenvalue weighted by Gasteiger charge is -2.12. The van der Waals surface area contributed by atoms with E-state index in [2.05, 4.69) is 21.5 Å². The fourth-order valence-electron chi connectivity index (χ4n) is 1.89. The van der Waals surface area contributed by atoms with Gasteiger partial charge in [0, 0.05) is 44.6 Å². The van der Waals surface area contributed by atoms with Crippen LogP contribution in [0.15, 0.2) is 24.9 Å². The Hall–Kier alpha value is -1.62. The lowest BCUT2D eigenvalue weighted by Crippen LogP contribution is -2.15. The summed E-state index contributed by atoms with van der Waals surface area (Å²) in [4.78, 5) is 8.48. The summed E-state index contributed by atoms with van der Waals surface area (Å²) in [6.07, 6.45) is 9.29. The van der Waals surface area contributed by atoms with Gasteiger partial charge in [-0.3, -0.25) is 0 Å². The summed E-state index contributed by atoms with van der Waals surface area (Å²) in [5, 5.41) is 0. The molecule has 0 aromatic carbocycles. The molecule has 0 unspecified atom stereocenters. The summed E-state index contributed by atoms with van der Waals surface area (Å²) in [7, 11) is 2.01. The minimum absolute atomic E-state index is 0.0684. The van der Waals surface area contributed by atoms with Gasteiger partial charge in [-0.2, -0.15) is 0 Å². The normalized spacial score (nSPS) is 12.9. The second kappa shape index (κ2) is 5.14. The molecule has 1 atom stereocenters. The van der Waals surface area contributed by atoms with Gasteiger partial charge < -0.3 is 14.9 Å². The molecule has 0 saturated carbocycles. The molecule has 0 fully saturated rings. The highest BCUT2D eigenvalue weighted by molar-refractivity contribution is 5.04. The first kappa shape index (κ1) is 11.9. The van der Waals surface area contributed by atoms with Crippen LogP contribution in [-0.4, -0.2) is 19.1 Å². The molecule has 92 valence electrons. The van der Waals surface area contributed by atoms with Crippen molar-refractivity contribution in [2.24, 2.45) is 12.8 Å². The predicted molar refractivity (Wildman–Crippen MR) is 66.4 cm³/mol. The first-order valence-corrected chi connectivity index (χ1v) is 5.94. The van der Waals surface area contributed by atoms with Crippen molar-refractivity contribution in [2.75, 3.05) is 0 Å². The second-order valence-electron chi connectivity index (χ2n) is 4.23. The fourth-order valence-corrected chi connectivity index (χ4v) is 1.89. The van der Waals surface area contributed by atoms with Gasteiger partial charge in [-0.25, -0.2) is 9.97 Å². The van der Waals surface area contributed by atoms with Crippen molar-refractivity contribution in [2.45, 2.75) is 32.4 Å². The molecule has 2 rings (SSSR count). The van der Waals surface area contributed by atoms with E-state index in [-0.39, 0.29) is 6.04 Å². The van der Waals surface area contributed by atoms with Crippen LogP contribution in [0.3, 0.4) is 0 Å². The van der Waals surface area contributed by atoms with E-state index < -0.39 is 0 Å². The molecule has 0 radical (unpaired) electrons. The molecule has 17 heavy (non-hydrogen) atoms. The Labute approximate surface area is 101 Å². The zero-order valence-corrected chi connectivity index (χ0v) is 10.4. The third kappa shape index (κ3) is 2.55. The largest absolute Gasteiger partial charge is 0.338 e. The topological polar surface area (TPSA) is 61.7 Å². The summed E-state index contributed by atoms with van der Waals surface area (Å²) < 4.78 is 4.15. The van der Waals surface area contributed by atoms with Gasteiger partial charge in [0.1, 0.15) is 5.82 Å². The highest BCUT2D eigenvalue weighted by atomic mass is 15.1. The van der Waals surface area contributed by atoms with Crippen molar-refractivity contribution < 1.29 is 0 Å². The third-order valence-corrected chi connectivity index (χ3v) is 3.06. The monoisotopic (exact) mass is 233 g/mol. The maximum Gasteiger partial charge on any atom is 0.110 e. The van der Waals surface area contributed by atoms with Crippen LogP contribution in [0, 0.1) is 0 Å². The Kier molecular flexibility index (Phi) is 3.58. The molecule has 2 aromatic heterocycles. The smallest absolute Gasteiger partial charge is 0.110 e. The number of rotatable bonds is 5. The average Bonchev–Trinajstić information content (AvgIpc) is 2.94. The standard InChI is InChI=1S/C12H19N5/c1-3-10(13)11-8-14-9-17(11)6-4-12-15-5-7-16(12)2/h5,7-10H,3-4,6,13H2,1-2H3/t10-/m1/s1. The summed E-state index contributed by atoms with van der Waals surface area (Å²) in [5.41, 5.74) is 7.14. The van der Waals surface area contributed by atoms with Crippen LogP contribution >= 0.6 is 0 Å². The Morgan fingerprint density at radius 1 is 1.47 bits per heavy atom. The number of nitrogens with two attached hydrogens (primary N) is 1. The van der Waals surface area contributed by atoms with Gasteiger partial charge in [0.25, 0.3) is 0 Å². The van der Waals surface area contributed by atoms with Gasteiger partial charge >= 0.3 is 0 Å². The zero-order valence-electron chi connectivity index (χ0n) is 10.4. The van der Waals surface area contributed by atoms with Gasteiger partial charge in [-0.05, 0) is 6.42 Å². The molecule has 0 spiro atoms. The summed E-state index contributed by atoms with van der Waals surface area (Å²) in [6.45, 7) is 2.95. The van der Waals surface area contributed by atoms with Crippen molar-refractivity contribution in [1.82, 2.24) is 19.1 Å². The number of hydrogen-bond acceptors (Lipinski definition) is 3. The van der Waals surface area contributed by atoms with Crippen molar-refractivity contribution in [3.05, 3.63) is 36.4 Å². The van der Waals surface area contributed by atoms with Crippen LogP contribution in [0.2, 0.25) is 0 Å². The van der Waals surface area contributed by atoms with Crippen molar-refractivity contribution >= 4 is 0 Å². The second-order valence-corrected chi connectivity index (χ2v) is 4.23. The molecule has 5 heteroatoms. The molecule has 0 aliphatic carbocycles. The van der Waals surface area contributed by atoms with Crippen LogP contribution in [0.25, 0.3) is 0 Å². The fraction of sp³-hybridized carbons (Fsp3) is 0.500. The quantitative estimate of drug-likeness (QED) is 0.846. The first-order valence-electron chi connectivity index (χ1n) is 5.94. The Balaban J connectivity index is 2.04. The van der Waals surface area contributed by atoms with Gasteiger partial charge in [-0.1, -0.05) is 6.92 Å². The number of imidazole rings is 2. The number of aromatic nitrogens is 4. The van der Waals surface area contributed by atoms with E-state index in [0.29, 0.717) is 0 Å². The Morgan fingerprint density at radius 3 is 2.94 bits per heavy atom. The number of hydrogen-bond donors (Lipinski definition) is 1. The highest BCUT2D eigenvalue weighted by Crippen LogP contribution is 2.13. The molecule has 0 aliphatic heterocycles. The van der Waals surface area contributed by atoms with Gasteiger partial charge in [0.15, 0.2) is 0 Å². The molecule has 0 aliphatic rings. The van der Waals surface area contributed by atoms with E-state index in [1.807, 2.05) is 36.5 Å². The van der Waals surface area contributed by atoms with Crippen LogP contribution in [-0.2, 0) is 20.0 Å². The minimum Gasteiger partial charge on any atom is -0.338 e. The maximum absolute atomic E-state index is 6.04. The van der Waals surface area contributed by atoms with E-state index in [1.54, 1.807) is 0 Å². The molecular formula is C12H19N5. The van der Waals surface area contributed by atoms with Gasteiger partial charge in [-0.15, -0.1) is 0 Å². The SMILES string of the molecule is CC[C@@H](N)c1cncn1CCc1nccn1C. The van der Waals surface area contributed by atoms with Gasteiger partial charge in [0.05, 0.1) is 12.0 Å². The molecule has 2 heterocycles. The zero-order chi connectivity index (χ0) is 12.3. The predicted octanol–water partition coefficient (Wildman–Crippen LogP) is 1.27. The average molecular weight is 233 g/mol. The lowest BCUT2D eigenvalue weighted by molar-refractivity contribution is 0.575. The molecular weight excluding hydrogens is 214 g/mol. The molecule has 5 nitrogen and oxygen atoms in total. The summed E-state index contributed by atoms with van der Waals surface area (Å²) in [6, 6.07) is 0.0684. The van der Waals surface area contributed by atoms with E-state index in [4.69, 9.17) is 5.73 Å². The van der Waals surface area contributed by atoms with Crippen molar-refractivity contribution in [1.29, 1.82) is 0 Å². The lowest BCUT2D eigenvalue weighted by atomic mass is 10.2. The van der Waals surface area contributed by atoms with E-state index in [9.17, 15) is 0 Å². The van der Waals surface area contributed by atoms with Crippen LogP contribution in [0.4, 0.5) is 0 Å². The van der Waals surface area contributed by atoms with E-state index in [1.165, 1.54) is 0 Å². The Bertz CT molecular complexity index is 471. The number of nitrogens with zero attached hydrogens (tertiary/aromatic N) is 4. The molecule has 2 N–H and O–H groups in total. The van der Waals surface area contributed by atoms with Crippen molar-refractivity contribution in [3.8, 4) is 0 Å². The molecule has 0 saturated heterocycles. The van der Waals surface area contributed by atoms with E-state index >= 15 is 0 Å². The third-order valence-electron chi connectivity index (χ3n) is 3.06. The first-order chi connectivity index (χ1) is 8.22. The van der Waals surface area contributed by atoms with Crippen molar-refractivity contribution in [3.63, 3.8) is 0 Å². The molecule has 0 amide bonds. The Morgan fingerprint density at radius 2 is 2.29 bits per heavy atom.